The molecule has 1 aromatic carbocycles. The minimum Gasteiger partial charge on any atom is -0.337 e. The Balaban J connectivity index is 1.39. The number of hydrogen-bond acceptors (Lipinski definition) is 3. The number of hydrogen-bond donors (Lipinski definition) is 0. The van der Waals surface area contributed by atoms with Crippen LogP contribution in [-0.2, 0) is 6.54 Å². The van der Waals surface area contributed by atoms with Crippen molar-refractivity contribution in [3.05, 3.63) is 54.1 Å². The maximum Gasteiger partial charge on any atom is 0.253 e. The predicted octanol–water partition coefficient (Wildman–Crippen LogP) is 2.96. The number of nitrogens with zero attached hydrogens (tertiary/aromatic N) is 4. The Morgan fingerprint density at radius 3 is 2.60 bits per heavy atom. The van der Waals surface area contributed by atoms with Crippen LogP contribution in [-0.4, -0.2) is 51.4 Å². The van der Waals surface area contributed by atoms with Gasteiger partial charge in [0, 0.05) is 37.6 Å². The van der Waals surface area contributed by atoms with Crippen molar-refractivity contribution in [2.75, 3.05) is 26.2 Å². The summed E-state index contributed by atoms with van der Waals surface area (Å²) in [6.07, 6.45) is 10.4. The zero-order valence-electron chi connectivity index (χ0n) is 14.7. The molecule has 25 heavy (non-hydrogen) atoms. The van der Waals surface area contributed by atoms with E-state index in [0.29, 0.717) is 6.04 Å². The van der Waals surface area contributed by atoms with Gasteiger partial charge in [0.1, 0.15) is 0 Å². The largest absolute Gasteiger partial charge is 0.337 e. The van der Waals surface area contributed by atoms with E-state index in [0.717, 1.165) is 38.0 Å². The van der Waals surface area contributed by atoms with Crippen LogP contribution in [0.5, 0.6) is 0 Å². The Kier molecular flexibility index (Phi) is 4.83. The van der Waals surface area contributed by atoms with Gasteiger partial charge in [-0.3, -0.25) is 9.69 Å². The Morgan fingerprint density at radius 2 is 1.88 bits per heavy atom. The van der Waals surface area contributed by atoms with Crippen LogP contribution in [0.4, 0.5) is 0 Å². The summed E-state index contributed by atoms with van der Waals surface area (Å²) in [6, 6.07) is 8.56. The fraction of sp³-hybridized carbons (Fsp3) is 0.500. The van der Waals surface area contributed by atoms with Gasteiger partial charge in [-0.1, -0.05) is 12.1 Å². The second-order valence-corrected chi connectivity index (χ2v) is 7.24. The van der Waals surface area contributed by atoms with E-state index in [1.54, 1.807) is 6.20 Å². The smallest absolute Gasteiger partial charge is 0.253 e. The minimum atomic E-state index is 0.150. The Morgan fingerprint density at radius 1 is 1.08 bits per heavy atom. The Hall–Kier alpha value is -2.14. The first-order valence-corrected chi connectivity index (χ1v) is 9.37. The van der Waals surface area contributed by atoms with E-state index >= 15 is 0 Å². The molecule has 0 radical (unpaired) electrons. The average molecular weight is 338 g/mol. The summed E-state index contributed by atoms with van der Waals surface area (Å²) in [5, 5.41) is 0. The van der Waals surface area contributed by atoms with Gasteiger partial charge in [-0.25, -0.2) is 4.98 Å². The first kappa shape index (κ1) is 16.3. The molecule has 0 aliphatic carbocycles. The lowest BCUT2D eigenvalue weighted by Crippen LogP contribution is -2.40. The van der Waals surface area contributed by atoms with Crippen molar-refractivity contribution in [2.24, 2.45) is 0 Å². The van der Waals surface area contributed by atoms with Crippen LogP contribution in [0.3, 0.4) is 0 Å². The van der Waals surface area contributed by atoms with Gasteiger partial charge < -0.3 is 9.47 Å². The average Bonchev–Trinajstić information content (AvgIpc) is 3.36. The maximum atomic E-state index is 12.9. The lowest BCUT2D eigenvalue weighted by Gasteiger charge is -2.33. The van der Waals surface area contributed by atoms with Crippen molar-refractivity contribution in [2.45, 2.75) is 38.3 Å². The van der Waals surface area contributed by atoms with Gasteiger partial charge in [0.25, 0.3) is 5.91 Å². The lowest BCUT2D eigenvalue weighted by molar-refractivity contribution is 0.0679. The molecule has 0 spiro atoms. The van der Waals surface area contributed by atoms with Gasteiger partial charge in [-0.2, -0.15) is 0 Å². The van der Waals surface area contributed by atoms with Crippen molar-refractivity contribution in [3.8, 4) is 0 Å². The third-order valence-corrected chi connectivity index (χ3v) is 5.44. The molecular weight excluding hydrogens is 312 g/mol. The fourth-order valence-electron chi connectivity index (χ4n) is 4.00. The number of aromatic nitrogens is 2. The van der Waals surface area contributed by atoms with E-state index in [-0.39, 0.29) is 5.91 Å². The van der Waals surface area contributed by atoms with Crippen molar-refractivity contribution in [3.63, 3.8) is 0 Å². The third-order valence-electron chi connectivity index (χ3n) is 5.44. The van der Waals surface area contributed by atoms with E-state index in [1.165, 1.54) is 31.5 Å². The van der Waals surface area contributed by atoms with Gasteiger partial charge in [-0.05, 0) is 56.5 Å². The predicted molar refractivity (Wildman–Crippen MR) is 97.4 cm³/mol. The monoisotopic (exact) mass is 338 g/mol. The zero-order valence-corrected chi connectivity index (χ0v) is 14.7. The Labute approximate surface area is 149 Å². The number of rotatable bonds is 4. The Bertz CT molecular complexity index is 689. The van der Waals surface area contributed by atoms with Crippen LogP contribution < -0.4 is 0 Å². The van der Waals surface area contributed by atoms with Gasteiger partial charge in [-0.15, -0.1) is 0 Å². The third kappa shape index (κ3) is 3.76. The highest BCUT2D eigenvalue weighted by molar-refractivity contribution is 5.94. The van der Waals surface area contributed by atoms with Crippen LogP contribution >= 0.6 is 0 Å². The first-order chi connectivity index (χ1) is 12.3. The lowest BCUT2D eigenvalue weighted by atomic mass is 10.0. The van der Waals surface area contributed by atoms with Crippen LogP contribution in [0, 0.1) is 0 Å². The molecule has 0 unspecified atom stereocenters. The first-order valence-electron chi connectivity index (χ1n) is 9.37. The highest BCUT2D eigenvalue weighted by atomic mass is 16.2. The van der Waals surface area contributed by atoms with E-state index in [2.05, 4.69) is 26.6 Å². The standard InChI is InChI=1S/C20H26N4O/c25-20(23-12-3-4-19(15-23)24-13-9-21-16-24)18-7-5-17(6-8-18)14-22-10-1-2-11-22/h5-9,13,16,19H,1-4,10-12,14-15H2/t19-/m1/s1. The molecule has 1 amide bonds. The van der Waals surface area contributed by atoms with Gasteiger partial charge >= 0.3 is 0 Å². The molecule has 2 aliphatic rings. The molecule has 0 N–H and O–H groups in total. The molecule has 0 saturated carbocycles. The van der Waals surface area contributed by atoms with E-state index in [9.17, 15) is 4.79 Å². The molecule has 2 aromatic rings. The van der Waals surface area contributed by atoms with E-state index < -0.39 is 0 Å². The molecule has 3 heterocycles. The minimum absolute atomic E-state index is 0.150. The van der Waals surface area contributed by atoms with Crippen LogP contribution in [0.1, 0.15) is 47.6 Å². The maximum absolute atomic E-state index is 12.9. The highest BCUT2D eigenvalue weighted by Gasteiger charge is 2.25. The SMILES string of the molecule is O=C(c1ccc(CN2CCCC2)cc1)N1CCC[C@@H](n2ccnc2)C1. The quantitative estimate of drug-likeness (QED) is 0.861. The van der Waals surface area contributed by atoms with Gasteiger partial charge in [0.2, 0.25) is 0 Å². The van der Waals surface area contributed by atoms with Crippen molar-refractivity contribution in [1.29, 1.82) is 0 Å². The fourth-order valence-corrected chi connectivity index (χ4v) is 4.00. The van der Waals surface area contributed by atoms with E-state index in [1.807, 2.05) is 29.6 Å². The summed E-state index contributed by atoms with van der Waals surface area (Å²) >= 11 is 0. The highest BCUT2D eigenvalue weighted by Crippen LogP contribution is 2.23. The van der Waals surface area contributed by atoms with Crippen LogP contribution in [0.25, 0.3) is 0 Å². The molecule has 132 valence electrons. The topological polar surface area (TPSA) is 41.4 Å². The molecule has 2 saturated heterocycles. The number of piperidine rings is 1. The molecule has 5 nitrogen and oxygen atoms in total. The molecule has 4 rings (SSSR count). The van der Waals surface area contributed by atoms with Gasteiger partial charge in [0.15, 0.2) is 0 Å². The van der Waals surface area contributed by atoms with Crippen molar-refractivity contribution >= 4 is 5.91 Å². The molecule has 1 atom stereocenters. The summed E-state index contributed by atoms with van der Waals surface area (Å²) in [5.41, 5.74) is 2.10. The number of imidazole rings is 1. The molecule has 2 aliphatic heterocycles. The van der Waals surface area contributed by atoms with Crippen molar-refractivity contribution in [1.82, 2.24) is 19.4 Å². The second kappa shape index (κ2) is 7.40. The molecule has 2 fully saturated rings. The summed E-state index contributed by atoms with van der Waals surface area (Å²) in [4.78, 5) is 21.5. The number of carbonyl (C=O) groups is 1. The summed E-state index contributed by atoms with van der Waals surface area (Å²) in [6.45, 7) is 5.01. The molecule has 5 heteroatoms. The second-order valence-electron chi connectivity index (χ2n) is 7.24. The summed E-state index contributed by atoms with van der Waals surface area (Å²) < 4.78 is 2.12. The molecule has 0 bridgehead atoms. The summed E-state index contributed by atoms with van der Waals surface area (Å²) in [7, 11) is 0. The van der Waals surface area contributed by atoms with Crippen molar-refractivity contribution < 1.29 is 4.79 Å². The van der Waals surface area contributed by atoms with Gasteiger partial charge in [0.05, 0.1) is 12.4 Å². The zero-order chi connectivity index (χ0) is 17.1. The summed E-state index contributed by atoms with van der Waals surface area (Å²) in [5.74, 6) is 0.150. The van der Waals surface area contributed by atoms with E-state index in [4.69, 9.17) is 0 Å². The van der Waals surface area contributed by atoms with Crippen LogP contribution in [0.2, 0.25) is 0 Å². The molecule has 1 aromatic heterocycles. The number of amides is 1. The number of likely N-dealkylation sites (tertiary alicyclic amines) is 2. The normalized spacial score (nSPS) is 21.6. The molecular formula is C20H26N4O. The number of carbonyl (C=O) groups excluding carboxylic acids is 1. The van der Waals surface area contributed by atoms with Crippen LogP contribution in [0.15, 0.2) is 43.0 Å². The number of benzene rings is 1.